The molecule has 11 heteroatoms. The van der Waals surface area contributed by atoms with Gasteiger partial charge in [-0.15, -0.1) is 10.2 Å². The average molecular weight is 650 g/mol. The molecule has 0 aliphatic carbocycles. The molecule has 1 N–H and O–H groups in total. The lowest BCUT2D eigenvalue weighted by molar-refractivity contribution is -0.132. The number of carbonyl (C=O) groups is 2. The van der Waals surface area contributed by atoms with Crippen molar-refractivity contribution in [3.05, 3.63) is 100 Å². The Morgan fingerprint density at radius 2 is 1.73 bits per heavy atom. The van der Waals surface area contributed by atoms with E-state index in [2.05, 4.69) is 17.1 Å². The van der Waals surface area contributed by atoms with Gasteiger partial charge in [-0.2, -0.15) is 0 Å². The molecule has 44 heavy (non-hydrogen) atoms. The first kappa shape index (κ1) is 31.6. The Bertz CT molecular complexity index is 1660. The zero-order chi connectivity index (χ0) is 31.1. The number of ether oxygens (including phenoxy) is 2. The van der Waals surface area contributed by atoms with Gasteiger partial charge in [-0.1, -0.05) is 85.3 Å². The van der Waals surface area contributed by atoms with Crippen molar-refractivity contribution in [2.75, 3.05) is 18.1 Å². The highest BCUT2D eigenvalue weighted by molar-refractivity contribution is 8.00. The van der Waals surface area contributed by atoms with Crippen LogP contribution in [-0.2, 0) is 15.3 Å². The van der Waals surface area contributed by atoms with Crippen LogP contribution in [0.15, 0.2) is 82.7 Å². The number of carbonyl (C=O) groups excluding carboxylic acids is 2. The third kappa shape index (κ3) is 7.09. The minimum absolute atomic E-state index is 0.0385. The van der Waals surface area contributed by atoms with Crippen LogP contribution in [0, 0.1) is 0 Å². The summed E-state index contributed by atoms with van der Waals surface area (Å²) in [5, 5.41) is 21.0. The number of aliphatic hydroxyl groups excluding tert-OH is 1. The molecular formula is C33H32ClN3O5S2. The van der Waals surface area contributed by atoms with Gasteiger partial charge >= 0.3 is 5.91 Å². The van der Waals surface area contributed by atoms with Crippen LogP contribution >= 0.6 is 34.7 Å². The number of anilines is 1. The number of ketones is 1. The van der Waals surface area contributed by atoms with E-state index in [1.54, 1.807) is 36.4 Å². The lowest BCUT2D eigenvalue weighted by atomic mass is 9.95. The van der Waals surface area contributed by atoms with Gasteiger partial charge in [-0.25, -0.2) is 0 Å². The molecular weight excluding hydrogens is 618 g/mol. The summed E-state index contributed by atoms with van der Waals surface area (Å²) in [6, 6.07) is 20.6. The summed E-state index contributed by atoms with van der Waals surface area (Å²) in [7, 11) is 0. The third-order valence-electron chi connectivity index (χ3n) is 6.90. The second kappa shape index (κ2) is 14.7. The summed E-state index contributed by atoms with van der Waals surface area (Å²) < 4.78 is 12.2. The highest BCUT2D eigenvalue weighted by atomic mass is 35.5. The van der Waals surface area contributed by atoms with E-state index >= 15 is 0 Å². The number of halogens is 1. The molecule has 2 heterocycles. The zero-order valence-electron chi connectivity index (χ0n) is 24.4. The van der Waals surface area contributed by atoms with Gasteiger partial charge in [0.25, 0.3) is 5.78 Å². The quantitative estimate of drug-likeness (QED) is 0.0387. The Labute approximate surface area is 269 Å². The molecule has 5 rings (SSSR count). The first-order valence-corrected chi connectivity index (χ1v) is 16.6. The van der Waals surface area contributed by atoms with Gasteiger partial charge in [0.15, 0.2) is 4.34 Å². The van der Waals surface area contributed by atoms with Gasteiger partial charge in [0.1, 0.15) is 17.3 Å². The molecule has 0 saturated carbocycles. The van der Waals surface area contributed by atoms with Crippen molar-refractivity contribution < 1.29 is 24.2 Å². The van der Waals surface area contributed by atoms with Gasteiger partial charge in [-0.3, -0.25) is 14.5 Å². The topological polar surface area (TPSA) is 102 Å². The molecule has 8 nitrogen and oxygen atoms in total. The van der Waals surface area contributed by atoms with E-state index in [1.165, 1.54) is 28.0 Å². The van der Waals surface area contributed by atoms with Crippen LogP contribution in [0.1, 0.15) is 55.8 Å². The van der Waals surface area contributed by atoms with Gasteiger partial charge in [-0.05, 0) is 66.4 Å². The zero-order valence-corrected chi connectivity index (χ0v) is 26.8. The molecule has 1 aliphatic heterocycles. The fraction of sp³-hybridized carbons (Fsp3) is 0.273. The molecule has 1 unspecified atom stereocenters. The minimum Gasteiger partial charge on any atom is -0.507 e. The molecule has 4 aromatic rings. The summed E-state index contributed by atoms with van der Waals surface area (Å²) in [6.07, 6.45) is 2.73. The van der Waals surface area contributed by atoms with Gasteiger partial charge in [0.05, 0.1) is 24.8 Å². The fourth-order valence-electron chi connectivity index (χ4n) is 4.65. The van der Waals surface area contributed by atoms with Gasteiger partial charge in [0, 0.05) is 16.3 Å². The molecule has 1 atom stereocenters. The van der Waals surface area contributed by atoms with Gasteiger partial charge < -0.3 is 14.6 Å². The molecule has 0 radical (unpaired) electrons. The van der Waals surface area contributed by atoms with E-state index in [1.807, 2.05) is 43.3 Å². The van der Waals surface area contributed by atoms with E-state index in [9.17, 15) is 14.7 Å². The molecule has 1 aliphatic rings. The number of thioether (sulfide) groups is 1. The number of rotatable bonds is 13. The minimum atomic E-state index is -0.949. The number of hydrogen-bond donors (Lipinski definition) is 1. The van der Waals surface area contributed by atoms with Crippen molar-refractivity contribution in [1.29, 1.82) is 0 Å². The van der Waals surface area contributed by atoms with Gasteiger partial charge in [0.2, 0.25) is 5.13 Å². The van der Waals surface area contributed by atoms with Crippen molar-refractivity contribution in [3.8, 4) is 11.5 Å². The highest BCUT2D eigenvalue weighted by Gasteiger charge is 2.48. The maximum atomic E-state index is 13.6. The Morgan fingerprint density at radius 1 is 0.955 bits per heavy atom. The molecule has 3 aromatic carbocycles. The second-order valence-electron chi connectivity index (χ2n) is 10.0. The number of aromatic nitrogens is 2. The van der Waals surface area contributed by atoms with Crippen LogP contribution in [0.25, 0.3) is 5.76 Å². The number of aliphatic hydroxyl groups is 1. The first-order valence-electron chi connectivity index (χ1n) is 14.4. The molecule has 0 spiro atoms. The molecule has 0 bridgehead atoms. The van der Waals surface area contributed by atoms with Crippen LogP contribution in [0.4, 0.5) is 5.13 Å². The summed E-state index contributed by atoms with van der Waals surface area (Å²) >= 11 is 8.95. The molecule has 1 aromatic heterocycles. The Balaban J connectivity index is 1.52. The first-order chi connectivity index (χ1) is 21.4. The smallest absolute Gasteiger partial charge is 0.301 e. The average Bonchev–Trinajstić information content (AvgIpc) is 3.61. The van der Waals surface area contributed by atoms with E-state index in [4.69, 9.17) is 21.1 Å². The van der Waals surface area contributed by atoms with Crippen LogP contribution in [0.5, 0.6) is 11.5 Å². The lowest BCUT2D eigenvalue weighted by Gasteiger charge is -2.23. The Morgan fingerprint density at radius 3 is 2.48 bits per heavy atom. The van der Waals surface area contributed by atoms with Crippen LogP contribution in [0.3, 0.4) is 0 Å². The highest BCUT2D eigenvalue weighted by Crippen LogP contribution is 2.44. The van der Waals surface area contributed by atoms with Crippen molar-refractivity contribution in [3.63, 3.8) is 0 Å². The standard InChI is InChI=1S/C33H32ClN3O5S2/c1-3-5-18-42-25-11-8-10-22(19-25)28-27(29(38)21-13-15-24(16-14-21)41-17-4-2)30(39)31(40)37(28)32-35-36-33(44-32)43-20-23-9-6-7-12-26(23)34/h6-16,19,28,38H,3-5,17-18,20H2,1-2H3/b29-27+. The summed E-state index contributed by atoms with van der Waals surface area (Å²) in [5.41, 5.74) is 1.90. The number of amides is 1. The number of unbranched alkanes of at least 4 members (excludes halogenated alkanes) is 1. The number of benzene rings is 3. The Hall–Kier alpha value is -3.86. The largest absolute Gasteiger partial charge is 0.507 e. The van der Waals surface area contributed by atoms with Crippen molar-refractivity contribution in [1.82, 2.24) is 10.2 Å². The maximum Gasteiger partial charge on any atom is 0.301 e. The summed E-state index contributed by atoms with van der Waals surface area (Å²) in [4.78, 5) is 28.6. The molecule has 1 amide bonds. The fourth-order valence-corrected chi connectivity index (χ4v) is 6.80. The van der Waals surface area contributed by atoms with Crippen molar-refractivity contribution in [2.24, 2.45) is 0 Å². The van der Waals surface area contributed by atoms with E-state index < -0.39 is 17.7 Å². The Kier molecular flexibility index (Phi) is 10.6. The predicted octanol–water partition coefficient (Wildman–Crippen LogP) is 8.08. The van der Waals surface area contributed by atoms with Crippen molar-refractivity contribution in [2.45, 2.75) is 49.2 Å². The number of Topliss-reactive ketones (excluding diaryl/α,β-unsaturated/α-hetero) is 1. The van der Waals surface area contributed by atoms with Crippen LogP contribution < -0.4 is 14.4 Å². The van der Waals surface area contributed by atoms with E-state index in [0.29, 0.717) is 51.0 Å². The van der Waals surface area contributed by atoms with E-state index in [0.717, 1.165) is 24.8 Å². The molecule has 1 saturated heterocycles. The number of hydrogen-bond acceptors (Lipinski definition) is 9. The van der Waals surface area contributed by atoms with E-state index in [-0.39, 0.29) is 16.5 Å². The summed E-state index contributed by atoms with van der Waals surface area (Å²) in [6.45, 7) is 5.20. The molecule has 1 fully saturated rings. The lowest BCUT2D eigenvalue weighted by Crippen LogP contribution is -2.29. The van der Waals surface area contributed by atoms with Crippen LogP contribution in [-0.4, -0.2) is 40.2 Å². The van der Waals surface area contributed by atoms with Crippen molar-refractivity contribution >= 4 is 57.3 Å². The number of nitrogens with zero attached hydrogens (tertiary/aromatic N) is 3. The SMILES string of the molecule is CCCCOc1cccc(C2/C(=C(\O)c3ccc(OCCC)cc3)C(=O)C(=O)N2c2nnc(SCc3ccccc3Cl)s2)c1. The molecule has 228 valence electrons. The predicted molar refractivity (Wildman–Crippen MR) is 175 cm³/mol. The summed E-state index contributed by atoms with van der Waals surface area (Å²) in [5.74, 6) is -0.0774. The second-order valence-corrected chi connectivity index (χ2v) is 12.6. The maximum absolute atomic E-state index is 13.6. The van der Waals surface area contributed by atoms with Crippen LogP contribution in [0.2, 0.25) is 5.02 Å². The third-order valence-corrected chi connectivity index (χ3v) is 9.37. The normalized spacial score (nSPS) is 16.0. The monoisotopic (exact) mass is 649 g/mol.